The zero-order valence-electron chi connectivity index (χ0n) is 14.2. The smallest absolute Gasteiger partial charge is 0.272 e. The number of nitrogens with zero attached hydrogens (tertiary/aromatic N) is 4. The van der Waals surface area contributed by atoms with Crippen molar-refractivity contribution in [3.05, 3.63) is 47.3 Å². The van der Waals surface area contributed by atoms with Crippen LogP contribution in [0, 0.1) is 18.3 Å². The molecule has 0 spiro atoms. The van der Waals surface area contributed by atoms with Crippen LogP contribution in [0.4, 0.5) is 11.6 Å². The summed E-state index contributed by atoms with van der Waals surface area (Å²) in [6, 6.07) is 10.8. The van der Waals surface area contributed by atoms with Crippen molar-refractivity contribution >= 4 is 17.5 Å². The minimum Gasteiger partial charge on any atom is -0.340 e. The van der Waals surface area contributed by atoms with Gasteiger partial charge in [0, 0.05) is 25.0 Å². The van der Waals surface area contributed by atoms with Crippen LogP contribution in [-0.4, -0.2) is 34.4 Å². The number of carbonyl (C=O) groups is 1. The van der Waals surface area contributed by atoms with Gasteiger partial charge >= 0.3 is 0 Å². The predicted octanol–water partition coefficient (Wildman–Crippen LogP) is 3.27. The highest BCUT2D eigenvalue weighted by molar-refractivity contribution is 5.92. The summed E-state index contributed by atoms with van der Waals surface area (Å²) in [7, 11) is 1.78. The van der Waals surface area contributed by atoms with E-state index in [0.717, 1.165) is 12.8 Å². The summed E-state index contributed by atoms with van der Waals surface area (Å²) in [6.45, 7) is 4.61. The van der Waals surface area contributed by atoms with Gasteiger partial charge in [-0.25, -0.2) is 9.97 Å². The van der Waals surface area contributed by atoms with Crippen molar-refractivity contribution in [1.29, 1.82) is 5.26 Å². The molecule has 1 aromatic carbocycles. The van der Waals surface area contributed by atoms with E-state index in [-0.39, 0.29) is 5.91 Å². The van der Waals surface area contributed by atoms with E-state index in [1.54, 1.807) is 36.2 Å². The van der Waals surface area contributed by atoms with Gasteiger partial charge in [0.25, 0.3) is 5.91 Å². The van der Waals surface area contributed by atoms with Crippen molar-refractivity contribution in [1.82, 2.24) is 14.9 Å². The van der Waals surface area contributed by atoms with Crippen molar-refractivity contribution in [3.63, 3.8) is 0 Å². The maximum Gasteiger partial charge on any atom is 0.272 e. The third kappa shape index (κ3) is 4.53. The molecule has 1 heterocycles. The van der Waals surface area contributed by atoms with Crippen LogP contribution in [0.25, 0.3) is 0 Å². The first kappa shape index (κ1) is 17.4. The van der Waals surface area contributed by atoms with E-state index in [1.807, 2.05) is 13.0 Å². The molecule has 0 aliphatic rings. The van der Waals surface area contributed by atoms with Crippen LogP contribution in [-0.2, 0) is 0 Å². The molecule has 0 unspecified atom stereocenters. The number of amides is 1. The lowest BCUT2D eigenvalue weighted by Crippen LogP contribution is -2.28. The summed E-state index contributed by atoms with van der Waals surface area (Å²) >= 11 is 0. The van der Waals surface area contributed by atoms with Crippen LogP contribution in [0.3, 0.4) is 0 Å². The summed E-state index contributed by atoms with van der Waals surface area (Å²) in [5.74, 6) is 0.222. The summed E-state index contributed by atoms with van der Waals surface area (Å²) in [5, 5.41) is 12.0. The first-order valence-corrected chi connectivity index (χ1v) is 7.92. The molecule has 124 valence electrons. The first-order chi connectivity index (χ1) is 11.5. The number of aromatic nitrogens is 2. The van der Waals surface area contributed by atoms with Crippen molar-refractivity contribution in [3.8, 4) is 6.07 Å². The normalized spacial score (nSPS) is 10.1. The third-order valence-corrected chi connectivity index (χ3v) is 3.51. The summed E-state index contributed by atoms with van der Waals surface area (Å²) in [5.41, 5.74) is 2.32. The zero-order valence-corrected chi connectivity index (χ0v) is 14.2. The molecule has 0 bridgehead atoms. The maximum atomic E-state index is 12.5. The van der Waals surface area contributed by atoms with E-state index in [4.69, 9.17) is 5.26 Å². The standard InChI is InChI=1S/C18H21N5O/c1-4-5-9-23(3)17(24)16-10-13(2)20-18(22-16)21-15-8-6-7-14(11-15)12-19/h6-8,10-11H,4-5,9H2,1-3H3,(H,20,21,22). The Morgan fingerprint density at radius 2 is 2.12 bits per heavy atom. The Morgan fingerprint density at radius 1 is 1.33 bits per heavy atom. The van der Waals surface area contributed by atoms with Crippen molar-refractivity contribution < 1.29 is 4.79 Å². The van der Waals surface area contributed by atoms with E-state index < -0.39 is 0 Å². The van der Waals surface area contributed by atoms with Gasteiger partial charge in [-0.1, -0.05) is 19.4 Å². The minimum absolute atomic E-state index is 0.122. The molecule has 6 nitrogen and oxygen atoms in total. The Labute approximate surface area is 142 Å². The van der Waals surface area contributed by atoms with Gasteiger partial charge in [-0.3, -0.25) is 4.79 Å². The minimum atomic E-state index is -0.122. The Balaban J connectivity index is 2.22. The third-order valence-electron chi connectivity index (χ3n) is 3.51. The van der Waals surface area contributed by atoms with E-state index in [0.29, 0.717) is 35.1 Å². The van der Waals surface area contributed by atoms with E-state index in [1.165, 1.54) is 0 Å². The topological polar surface area (TPSA) is 81.9 Å². The van der Waals surface area contributed by atoms with Gasteiger partial charge in [-0.05, 0) is 37.6 Å². The predicted molar refractivity (Wildman–Crippen MR) is 93.1 cm³/mol. The van der Waals surface area contributed by atoms with Crippen LogP contribution in [0.15, 0.2) is 30.3 Å². The molecule has 24 heavy (non-hydrogen) atoms. The Kier molecular flexibility index (Phi) is 5.85. The van der Waals surface area contributed by atoms with E-state index >= 15 is 0 Å². The Hall–Kier alpha value is -2.94. The molecule has 0 fully saturated rings. The quantitative estimate of drug-likeness (QED) is 0.882. The second kappa shape index (κ2) is 8.06. The Morgan fingerprint density at radius 3 is 2.83 bits per heavy atom. The van der Waals surface area contributed by atoms with E-state index in [9.17, 15) is 4.79 Å². The molecule has 0 aliphatic carbocycles. The summed E-state index contributed by atoms with van der Waals surface area (Å²) in [4.78, 5) is 22.8. The lowest BCUT2D eigenvalue weighted by Gasteiger charge is -2.17. The fourth-order valence-corrected chi connectivity index (χ4v) is 2.22. The molecule has 1 N–H and O–H groups in total. The molecule has 0 saturated heterocycles. The number of unbranched alkanes of at least 4 members (excludes halogenated alkanes) is 1. The molecular weight excluding hydrogens is 302 g/mol. The van der Waals surface area contributed by atoms with Gasteiger partial charge < -0.3 is 10.2 Å². The molecule has 2 aromatic rings. The van der Waals surface area contributed by atoms with Gasteiger partial charge in [-0.2, -0.15) is 5.26 Å². The monoisotopic (exact) mass is 323 g/mol. The van der Waals surface area contributed by atoms with Crippen LogP contribution in [0.1, 0.15) is 41.5 Å². The van der Waals surface area contributed by atoms with Crippen molar-refractivity contribution in [2.45, 2.75) is 26.7 Å². The van der Waals surface area contributed by atoms with Crippen molar-refractivity contribution in [2.24, 2.45) is 0 Å². The van der Waals surface area contributed by atoms with Gasteiger partial charge in [0.1, 0.15) is 5.69 Å². The fraction of sp³-hybridized carbons (Fsp3) is 0.333. The molecule has 0 aliphatic heterocycles. The largest absolute Gasteiger partial charge is 0.340 e. The number of nitrogens with one attached hydrogen (secondary N) is 1. The number of anilines is 2. The maximum absolute atomic E-state index is 12.5. The lowest BCUT2D eigenvalue weighted by atomic mass is 10.2. The number of carbonyl (C=O) groups excluding carboxylic acids is 1. The van der Waals surface area contributed by atoms with Gasteiger partial charge in [0.05, 0.1) is 11.6 Å². The highest BCUT2D eigenvalue weighted by Crippen LogP contribution is 2.16. The number of hydrogen-bond acceptors (Lipinski definition) is 5. The fourth-order valence-electron chi connectivity index (χ4n) is 2.22. The van der Waals surface area contributed by atoms with E-state index in [2.05, 4.69) is 28.3 Å². The first-order valence-electron chi connectivity index (χ1n) is 7.92. The molecule has 0 atom stereocenters. The molecule has 6 heteroatoms. The average molecular weight is 323 g/mol. The molecule has 0 saturated carbocycles. The van der Waals surface area contributed by atoms with Crippen LogP contribution < -0.4 is 5.32 Å². The SMILES string of the molecule is CCCCN(C)C(=O)c1cc(C)nc(Nc2cccc(C#N)c2)n1. The number of aryl methyl sites for hydroxylation is 1. The van der Waals surface area contributed by atoms with Crippen LogP contribution >= 0.6 is 0 Å². The molecular formula is C18H21N5O. The number of rotatable bonds is 6. The molecule has 1 amide bonds. The highest BCUT2D eigenvalue weighted by Gasteiger charge is 2.15. The molecule has 0 radical (unpaired) electrons. The van der Waals surface area contributed by atoms with Crippen LogP contribution in [0.5, 0.6) is 0 Å². The molecule has 2 rings (SSSR count). The number of nitriles is 1. The number of benzene rings is 1. The summed E-state index contributed by atoms with van der Waals surface area (Å²) in [6.07, 6.45) is 1.99. The second-order valence-corrected chi connectivity index (χ2v) is 5.62. The summed E-state index contributed by atoms with van der Waals surface area (Å²) < 4.78 is 0. The molecule has 1 aromatic heterocycles. The van der Waals surface area contributed by atoms with Gasteiger partial charge in [0.15, 0.2) is 0 Å². The highest BCUT2D eigenvalue weighted by atomic mass is 16.2. The average Bonchev–Trinajstić information content (AvgIpc) is 2.58. The van der Waals surface area contributed by atoms with Crippen LogP contribution in [0.2, 0.25) is 0 Å². The van der Waals surface area contributed by atoms with Gasteiger partial charge in [0.2, 0.25) is 5.95 Å². The lowest BCUT2D eigenvalue weighted by molar-refractivity contribution is 0.0787. The number of hydrogen-bond donors (Lipinski definition) is 1. The van der Waals surface area contributed by atoms with Gasteiger partial charge in [-0.15, -0.1) is 0 Å². The second-order valence-electron chi connectivity index (χ2n) is 5.62. The van der Waals surface area contributed by atoms with Crippen molar-refractivity contribution in [2.75, 3.05) is 18.9 Å². The zero-order chi connectivity index (χ0) is 17.5. The Bertz CT molecular complexity index is 766.